The molecule has 5 nitrogen and oxygen atoms in total. The number of carbonyl (C=O) groups excluding carboxylic acids is 1. The fraction of sp³-hybridized carbons (Fsp3) is 0.529. The van der Waals surface area contributed by atoms with Crippen LogP contribution in [0.3, 0.4) is 0 Å². The molecule has 1 fully saturated rings. The van der Waals surface area contributed by atoms with Gasteiger partial charge >= 0.3 is 5.97 Å². The fourth-order valence-corrected chi connectivity index (χ4v) is 2.95. The Morgan fingerprint density at radius 2 is 1.95 bits per heavy atom. The lowest BCUT2D eigenvalue weighted by Gasteiger charge is -2.29. The third-order valence-electron chi connectivity index (χ3n) is 4.35. The van der Waals surface area contributed by atoms with E-state index in [1.165, 1.54) is 4.90 Å². The summed E-state index contributed by atoms with van der Waals surface area (Å²) in [5.74, 6) is -1.11. The van der Waals surface area contributed by atoms with Crippen molar-refractivity contribution in [2.24, 2.45) is 0 Å². The summed E-state index contributed by atoms with van der Waals surface area (Å²) in [6.07, 6.45) is 0.422. The molecule has 1 aromatic carbocycles. The first-order chi connectivity index (χ1) is 10.3. The molecule has 1 aromatic rings. The Bertz CT molecular complexity index is 541. The number of carboxylic acid groups (broad SMARTS) is 1. The first-order valence-corrected chi connectivity index (χ1v) is 7.46. The zero-order valence-electron chi connectivity index (χ0n) is 13.3. The molecule has 0 aliphatic carbocycles. The second-order valence-corrected chi connectivity index (χ2v) is 6.42. The molecule has 2 atom stereocenters. The maximum atomic E-state index is 12.6. The Morgan fingerprint density at radius 3 is 2.50 bits per heavy atom. The highest BCUT2D eigenvalue weighted by Crippen LogP contribution is 2.30. The van der Waals surface area contributed by atoms with E-state index in [0.717, 1.165) is 5.56 Å². The molecule has 1 aliphatic heterocycles. The van der Waals surface area contributed by atoms with Crippen molar-refractivity contribution in [1.82, 2.24) is 4.90 Å². The average molecular weight is 305 g/mol. The third-order valence-corrected chi connectivity index (χ3v) is 4.35. The number of carbonyl (C=O) groups is 2. The van der Waals surface area contributed by atoms with Crippen molar-refractivity contribution in [3.63, 3.8) is 0 Å². The van der Waals surface area contributed by atoms with Crippen molar-refractivity contribution in [2.75, 3.05) is 13.7 Å². The minimum Gasteiger partial charge on any atom is -0.480 e. The Hall–Kier alpha value is -1.88. The summed E-state index contributed by atoms with van der Waals surface area (Å²) < 4.78 is 5.23. The van der Waals surface area contributed by atoms with Crippen LogP contribution in [-0.4, -0.2) is 47.7 Å². The van der Waals surface area contributed by atoms with Crippen LogP contribution in [0.25, 0.3) is 0 Å². The zero-order chi connectivity index (χ0) is 16.3. The molecule has 22 heavy (non-hydrogen) atoms. The molecule has 0 aromatic heterocycles. The lowest BCUT2D eigenvalue weighted by Crippen LogP contribution is -2.42. The number of hydrogen-bond donors (Lipinski definition) is 1. The van der Waals surface area contributed by atoms with E-state index in [9.17, 15) is 14.7 Å². The highest BCUT2D eigenvalue weighted by molar-refractivity contribution is 5.85. The number of amides is 1. The Balaban J connectivity index is 2.12. The van der Waals surface area contributed by atoms with Gasteiger partial charge in [0, 0.05) is 26.5 Å². The van der Waals surface area contributed by atoms with E-state index >= 15 is 0 Å². The fourth-order valence-electron chi connectivity index (χ4n) is 2.95. The van der Waals surface area contributed by atoms with Crippen molar-refractivity contribution in [2.45, 2.75) is 44.2 Å². The van der Waals surface area contributed by atoms with Crippen LogP contribution in [-0.2, 0) is 19.7 Å². The quantitative estimate of drug-likeness (QED) is 0.904. The molecule has 0 bridgehead atoms. The Labute approximate surface area is 130 Å². The van der Waals surface area contributed by atoms with E-state index in [2.05, 4.69) is 0 Å². The molecular formula is C17H23NO4. The van der Waals surface area contributed by atoms with E-state index in [-0.39, 0.29) is 23.8 Å². The first kappa shape index (κ1) is 16.5. The first-order valence-electron chi connectivity index (χ1n) is 7.46. The minimum absolute atomic E-state index is 0.138. The summed E-state index contributed by atoms with van der Waals surface area (Å²) in [7, 11) is 1.55. The predicted molar refractivity (Wildman–Crippen MR) is 82.6 cm³/mol. The molecular weight excluding hydrogens is 282 g/mol. The van der Waals surface area contributed by atoms with Gasteiger partial charge in [0.1, 0.15) is 6.04 Å². The van der Waals surface area contributed by atoms with E-state index in [1.54, 1.807) is 7.11 Å². The van der Waals surface area contributed by atoms with Gasteiger partial charge in [-0.15, -0.1) is 0 Å². The van der Waals surface area contributed by atoms with Gasteiger partial charge in [-0.1, -0.05) is 44.2 Å². The molecule has 1 heterocycles. The molecule has 1 N–H and O–H groups in total. The number of methoxy groups -OCH3 is 1. The van der Waals surface area contributed by atoms with Gasteiger partial charge in [-0.3, -0.25) is 4.79 Å². The second-order valence-electron chi connectivity index (χ2n) is 6.42. The van der Waals surface area contributed by atoms with Crippen LogP contribution in [0.5, 0.6) is 0 Å². The summed E-state index contributed by atoms with van der Waals surface area (Å²) in [6.45, 7) is 4.34. The topological polar surface area (TPSA) is 66.8 Å². The third kappa shape index (κ3) is 3.47. The Morgan fingerprint density at radius 1 is 1.32 bits per heavy atom. The van der Waals surface area contributed by atoms with E-state index in [0.29, 0.717) is 13.0 Å². The zero-order valence-corrected chi connectivity index (χ0v) is 13.3. The highest BCUT2D eigenvalue weighted by atomic mass is 16.5. The van der Waals surface area contributed by atoms with Gasteiger partial charge in [0.15, 0.2) is 0 Å². The van der Waals surface area contributed by atoms with E-state index in [1.807, 2.05) is 44.2 Å². The van der Waals surface area contributed by atoms with Crippen molar-refractivity contribution in [3.8, 4) is 0 Å². The number of aliphatic carboxylic acids is 1. The van der Waals surface area contributed by atoms with Crippen LogP contribution < -0.4 is 0 Å². The summed E-state index contributed by atoms with van der Waals surface area (Å²) in [5.41, 5.74) is 0.727. The lowest BCUT2D eigenvalue weighted by atomic mass is 9.81. The van der Waals surface area contributed by atoms with Crippen LogP contribution in [0.4, 0.5) is 0 Å². The molecule has 1 amide bonds. The molecule has 120 valence electrons. The standard InChI is InChI=1S/C17H23NO4/c1-17(2,12-7-5-4-6-8-12)10-15(19)18-11-13(22-3)9-14(18)16(20)21/h4-8,13-14H,9-11H2,1-3H3,(H,20,21). The SMILES string of the molecule is COC1CC(C(=O)O)N(C(=O)CC(C)(C)c2ccccc2)C1. The Kier molecular flexibility index (Phi) is 4.86. The highest BCUT2D eigenvalue weighted by Gasteiger charge is 2.41. The van der Waals surface area contributed by atoms with Crippen LogP contribution in [0.1, 0.15) is 32.3 Å². The van der Waals surface area contributed by atoms with Crippen molar-refractivity contribution in [1.29, 1.82) is 0 Å². The van der Waals surface area contributed by atoms with Gasteiger partial charge < -0.3 is 14.7 Å². The van der Waals surface area contributed by atoms with Gasteiger partial charge in [0.05, 0.1) is 6.10 Å². The van der Waals surface area contributed by atoms with Gasteiger partial charge in [0.2, 0.25) is 5.91 Å². The van der Waals surface area contributed by atoms with Crippen LogP contribution >= 0.6 is 0 Å². The van der Waals surface area contributed by atoms with Crippen molar-refractivity contribution in [3.05, 3.63) is 35.9 Å². The number of benzene rings is 1. The second kappa shape index (κ2) is 6.48. The van der Waals surface area contributed by atoms with E-state index in [4.69, 9.17) is 4.74 Å². The number of ether oxygens (including phenoxy) is 1. The number of carboxylic acids is 1. The molecule has 1 saturated heterocycles. The predicted octanol–water partition coefficient (Wildman–Crippen LogP) is 2.05. The smallest absolute Gasteiger partial charge is 0.326 e. The number of nitrogens with zero attached hydrogens (tertiary/aromatic N) is 1. The maximum absolute atomic E-state index is 12.6. The molecule has 1 aliphatic rings. The lowest BCUT2D eigenvalue weighted by molar-refractivity contribution is -0.148. The van der Waals surface area contributed by atoms with Crippen molar-refractivity contribution >= 4 is 11.9 Å². The normalized spacial score (nSPS) is 21.9. The summed E-state index contributed by atoms with van der Waals surface area (Å²) >= 11 is 0. The monoisotopic (exact) mass is 305 g/mol. The van der Waals surface area contributed by atoms with Gasteiger partial charge in [0.25, 0.3) is 0 Å². The van der Waals surface area contributed by atoms with Gasteiger partial charge in [-0.05, 0) is 11.0 Å². The number of likely N-dealkylation sites (tertiary alicyclic amines) is 1. The molecule has 2 unspecified atom stereocenters. The maximum Gasteiger partial charge on any atom is 0.326 e. The molecule has 2 rings (SSSR count). The van der Waals surface area contributed by atoms with Crippen molar-refractivity contribution < 1.29 is 19.4 Å². The van der Waals surface area contributed by atoms with Crippen LogP contribution in [0, 0.1) is 0 Å². The summed E-state index contributed by atoms with van der Waals surface area (Å²) in [4.78, 5) is 25.4. The average Bonchev–Trinajstić information content (AvgIpc) is 2.92. The molecule has 5 heteroatoms. The number of hydrogen-bond acceptors (Lipinski definition) is 3. The van der Waals surface area contributed by atoms with Crippen LogP contribution in [0.15, 0.2) is 30.3 Å². The molecule has 0 saturated carbocycles. The number of rotatable bonds is 5. The van der Waals surface area contributed by atoms with E-state index < -0.39 is 12.0 Å². The van der Waals surface area contributed by atoms with Gasteiger partial charge in [-0.25, -0.2) is 4.79 Å². The largest absolute Gasteiger partial charge is 0.480 e. The van der Waals surface area contributed by atoms with Gasteiger partial charge in [-0.2, -0.15) is 0 Å². The summed E-state index contributed by atoms with van der Waals surface area (Å²) in [6, 6.07) is 9.01. The molecule has 0 spiro atoms. The van der Waals surface area contributed by atoms with Crippen LogP contribution in [0.2, 0.25) is 0 Å². The minimum atomic E-state index is -0.967. The molecule has 0 radical (unpaired) electrons. The summed E-state index contributed by atoms with van der Waals surface area (Å²) in [5, 5.41) is 9.31.